The maximum atomic E-state index is 13.7. The molecule has 1 nitrogen and oxygen atoms in total. The van der Waals surface area contributed by atoms with Crippen molar-refractivity contribution in [3.05, 3.63) is 88.0 Å². The van der Waals surface area contributed by atoms with Gasteiger partial charge in [0.1, 0.15) is 47.1 Å². The Labute approximate surface area is 178 Å². The van der Waals surface area contributed by atoms with Crippen LogP contribution in [0.5, 0.6) is 5.75 Å². The van der Waals surface area contributed by atoms with Gasteiger partial charge in [0.2, 0.25) is 0 Å². The van der Waals surface area contributed by atoms with Crippen LogP contribution in [0.3, 0.4) is 0 Å². The maximum absolute atomic E-state index is 13.7. The fourth-order valence-corrected chi connectivity index (χ4v) is 2.72. The van der Waals surface area contributed by atoms with E-state index in [1.54, 1.807) is 0 Å². The highest BCUT2D eigenvalue weighted by Crippen LogP contribution is 2.35. The van der Waals surface area contributed by atoms with E-state index < -0.39 is 70.2 Å². The molecular weight excluding hydrogens is 477 g/mol. The van der Waals surface area contributed by atoms with Gasteiger partial charge in [0.25, 0.3) is 0 Å². The lowest BCUT2D eigenvalue weighted by atomic mass is 10.0. The topological polar surface area (TPSA) is 9.23 Å². The van der Waals surface area contributed by atoms with Gasteiger partial charge in [-0.05, 0) is 42.3 Å². The van der Waals surface area contributed by atoms with E-state index in [2.05, 4.69) is 4.94 Å². The van der Waals surface area contributed by atoms with Crippen molar-refractivity contribution >= 4 is 0 Å². The average Bonchev–Trinajstić information content (AvgIpc) is 2.65. The van der Waals surface area contributed by atoms with E-state index in [9.17, 15) is 48.4 Å². The molecule has 0 radical (unpaired) electrons. The zero-order valence-electron chi connectivity index (χ0n) is 16.2. The Morgan fingerprint density at radius 2 is 1.15 bits per heavy atom. The van der Waals surface area contributed by atoms with E-state index in [0.29, 0.717) is 5.56 Å². The smallest absolute Gasteiger partial charge is 0.294 e. The van der Waals surface area contributed by atoms with Gasteiger partial charge in [-0.15, -0.1) is 0 Å². The Kier molecular flexibility index (Phi) is 7.93. The summed E-state index contributed by atoms with van der Waals surface area (Å²) in [5.74, 6) is -9.01. The summed E-state index contributed by atoms with van der Waals surface area (Å²) in [6, 6.07) is 3.75. The van der Waals surface area contributed by atoms with Crippen LogP contribution in [0.2, 0.25) is 0 Å². The molecule has 0 saturated heterocycles. The largest absolute Gasteiger partial charge is 0.422 e. The molecule has 0 aliphatic rings. The summed E-state index contributed by atoms with van der Waals surface area (Å²) >= 11 is 0. The van der Waals surface area contributed by atoms with Gasteiger partial charge in [-0.2, -0.15) is 13.2 Å². The average molecular weight is 488 g/mol. The van der Waals surface area contributed by atoms with Gasteiger partial charge in [-0.1, -0.05) is 0 Å². The zero-order valence-corrected chi connectivity index (χ0v) is 16.2. The van der Waals surface area contributed by atoms with Crippen LogP contribution in [-0.4, -0.2) is 0 Å². The Balaban J connectivity index is 0.000000245. The lowest BCUT2D eigenvalue weighted by molar-refractivity contribution is -0.142. The first-order chi connectivity index (χ1) is 15.3. The molecule has 3 rings (SSSR count). The van der Waals surface area contributed by atoms with E-state index in [0.717, 1.165) is 24.3 Å². The van der Waals surface area contributed by atoms with Crippen molar-refractivity contribution in [1.29, 1.82) is 0 Å². The number of aryl methyl sites for hydroxylation is 1. The third kappa shape index (κ3) is 5.93. The fraction of sp³-hybridized carbons (Fsp3) is 0.143. The molecule has 0 aromatic heterocycles. The number of rotatable bonds is 3. The fourth-order valence-electron chi connectivity index (χ4n) is 2.72. The van der Waals surface area contributed by atoms with Gasteiger partial charge in [-0.3, -0.25) is 4.94 Å². The molecule has 0 heterocycles. The van der Waals surface area contributed by atoms with E-state index in [1.165, 1.54) is 6.92 Å². The number of alkyl halides is 4. The van der Waals surface area contributed by atoms with Crippen molar-refractivity contribution in [2.24, 2.45) is 0 Å². The highest BCUT2D eigenvalue weighted by molar-refractivity contribution is 5.66. The number of benzene rings is 3. The second-order valence-corrected chi connectivity index (χ2v) is 6.49. The summed E-state index contributed by atoms with van der Waals surface area (Å²) in [5, 5.41) is 0. The molecule has 0 aliphatic carbocycles. The quantitative estimate of drug-likeness (QED) is 0.340. The van der Waals surface area contributed by atoms with Crippen LogP contribution in [-0.2, 0) is 12.9 Å². The maximum Gasteiger partial charge on any atom is 0.422 e. The van der Waals surface area contributed by atoms with E-state index in [-0.39, 0.29) is 17.7 Å². The Hall–Kier alpha value is -3.31. The summed E-state index contributed by atoms with van der Waals surface area (Å²) in [6.07, 6.45) is -5.16. The molecule has 12 heteroatoms. The molecule has 0 spiro atoms. The van der Waals surface area contributed by atoms with Crippen molar-refractivity contribution in [1.82, 2.24) is 0 Å². The molecule has 0 unspecified atom stereocenters. The van der Waals surface area contributed by atoms with E-state index in [4.69, 9.17) is 0 Å². The van der Waals surface area contributed by atoms with Crippen LogP contribution < -0.4 is 4.94 Å². The number of halogens is 11. The van der Waals surface area contributed by atoms with Gasteiger partial charge in [0.15, 0.2) is 5.75 Å². The lowest BCUT2D eigenvalue weighted by Crippen LogP contribution is -2.11. The van der Waals surface area contributed by atoms with Crippen molar-refractivity contribution in [2.75, 3.05) is 0 Å². The monoisotopic (exact) mass is 488 g/mol. The van der Waals surface area contributed by atoms with Crippen molar-refractivity contribution in [2.45, 2.75) is 19.8 Å². The molecule has 0 aliphatic heterocycles. The highest BCUT2D eigenvalue weighted by atomic mass is 19.4. The minimum Gasteiger partial charge on any atom is -0.294 e. The van der Waals surface area contributed by atoms with E-state index >= 15 is 0 Å². The van der Waals surface area contributed by atoms with Crippen LogP contribution in [0.15, 0.2) is 36.4 Å². The van der Waals surface area contributed by atoms with Crippen molar-refractivity contribution < 1.29 is 53.4 Å². The molecule has 33 heavy (non-hydrogen) atoms. The number of hydrogen-bond donors (Lipinski definition) is 0. The van der Waals surface area contributed by atoms with Crippen LogP contribution in [0.4, 0.5) is 48.4 Å². The molecule has 0 fully saturated rings. The van der Waals surface area contributed by atoms with Crippen molar-refractivity contribution in [3.63, 3.8) is 0 Å². The third-order valence-electron chi connectivity index (χ3n) is 4.14. The van der Waals surface area contributed by atoms with Gasteiger partial charge >= 0.3 is 6.18 Å². The van der Waals surface area contributed by atoms with Crippen LogP contribution in [0.1, 0.15) is 16.7 Å². The molecule has 0 bridgehead atoms. The highest BCUT2D eigenvalue weighted by Gasteiger charge is 2.38. The second kappa shape index (κ2) is 10.1. The Morgan fingerprint density at radius 3 is 1.52 bits per heavy atom. The summed E-state index contributed by atoms with van der Waals surface area (Å²) in [4.78, 5) is 2.90. The predicted octanol–water partition coefficient (Wildman–Crippen LogP) is 7.93. The molecule has 0 saturated carbocycles. The Morgan fingerprint density at radius 1 is 0.697 bits per heavy atom. The number of hydrogen-bond acceptors (Lipinski definition) is 1. The third-order valence-corrected chi connectivity index (χ3v) is 4.14. The predicted molar refractivity (Wildman–Crippen MR) is 94.4 cm³/mol. The second-order valence-electron chi connectivity index (χ2n) is 6.49. The first kappa shape index (κ1) is 25.9. The minimum absolute atomic E-state index is 0.103. The SMILES string of the molecule is Cc1cc(F)c(-c2cc(F)c(CF)c(F)c2)c(F)c1.FOc1cc(F)c(C(F)(F)F)c(F)c1. The molecule has 0 amide bonds. The molecule has 178 valence electrons. The van der Waals surface area contributed by atoms with Crippen LogP contribution in [0.25, 0.3) is 11.1 Å². The van der Waals surface area contributed by atoms with Crippen molar-refractivity contribution in [3.8, 4) is 16.9 Å². The summed E-state index contributed by atoms with van der Waals surface area (Å²) in [5.41, 5.74) is -3.31. The first-order valence-corrected chi connectivity index (χ1v) is 8.64. The molecule has 0 N–H and O–H groups in total. The standard InChI is InChI=1S/C14H9F5.C7H2F6O/c1-7-2-12(18)14(13(19)3-7)8-4-10(16)9(6-15)11(17)5-8;8-4-1-3(14-13)2-5(9)6(4)7(10,11)12/h2-5H,6H2,1H3;1-2H. The van der Waals surface area contributed by atoms with Gasteiger partial charge in [0.05, 0.1) is 11.1 Å². The van der Waals surface area contributed by atoms with Gasteiger partial charge in [-0.25, -0.2) is 30.7 Å². The van der Waals surface area contributed by atoms with Gasteiger partial charge in [0, 0.05) is 16.7 Å². The Bertz CT molecular complexity index is 1090. The molecular formula is C21H11F11O. The first-order valence-electron chi connectivity index (χ1n) is 8.64. The van der Waals surface area contributed by atoms with Gasteiger partial charge < -0.3 is 0 Å². The zero-order chi connectivity index (χ0) is 25.1. The minimum atomic E-state index is -5.16. The molecule has 0 atom stereocenters. The molecule has 3 aromatic carbocycles. The normalized spacial score (nSPS) is 11.2. The van der Waals surface area contributed by atoms with E-state index in [1.807, 2.05) is 0 Å². The summed E-state index contributed by atoms with van der Waals surface area (Å²) in [6.45, 7) is 0.167. The van der Waals surface area contributed by atoms with Crippen LogP contribution >= 0.6 is 0 Å². The molecule has 3 aromatic rings. The lowest BCUT2D eigenvalue weighted by Gasteiger charge is -2.09. The van der Waals surface area contributed by atoms with Crippen LogP contribution in [0, 0.1) is 41.8 Å². The summed E-state index contributed by atoms with van der Waals surface area (Å²) in [7, 11) is 0. The summed E-state index contributed by atoms with van der Waals surface area (Å²) < 4.78 is 139.